The van der Waals surface area contributed by atoms with Crippen molar-refractivity contribution >= 4 is 0 Å². The van der Waals surface area contributed by atoms with Gasteiger partial charge in [0, 0.05) is 57.4 Å². The highest BCUT2D eigenvalue weighted by molar-refractivity contribution is 4.94. The van der Waals surface area contributed by atoms with Gasteiger partial charge in [0.25, 0.3) is 0 Å². The number of nitrogens with zero attached hydrogens (tertiary/aromatic N) is 3. The van der Waals surface area contributed by atoms with Crippen LogP contribution in [0.15, 0.2) is 0 Å². The molecule has 0 bridgehead atoms. The van der Waals surface area contributed by atoms with Crippen LogP contribution in [0.3, 0.4) is 0 Å². The van der Waals surface area contributed by atoms with Gasteiger partial charge in [0.15, 0.2) is 0 Å². The van der Waals surface area contributed by atoms with Gasteiger partial charge in [0.05, 0.1) is 0 Å². The lowest BCUT2D eigenvalue weighted by Gasteiger charge is -2.46. The number of likely N-dealkylation sites (N-methyl/N-ethyl adjacent to an activating group) is 2. The Balaban J connectivity index is 1.91. The zero-order valence-corrected chi connectivity index (χ0v) is 13.3. The number of hydrogen-bond donors (Lipinski definition) is 1. The Hall–Kier alpha value is -0.160. The van der Waals surface area contributed by atoms with Gasteiger partial charge in [-0.15, -0.1) is 0 Å². The molecule has 0 spiro atoms. The molecule has 0 radical (unpaired) electrons. The molecule has 1 N–H and O–H groups in total. The summed E-state index contributed by atoms with van der Waals surface area (Å²) < 4.78 is 0. The third kappa shape index (κ3) is 3.69. The van der Waals surface area contributed by atoms with Crippen LogP contribution < -0.4 is 5.32 Å². The molecule has 4 heteroatoms. The molecule has 0 aromatic rings. The van der Waals surface area contributed by atoms with Crippen molar-refractivity contribution in [1.82, 2.24) is 20.0 Å². The van der Waals surface area contributed by atoms with Gasteiger partial charge >= 0.3 is 0 Å². The van der Waals surface area contributed by atoms with Crippen molar-refractivity contribution in [3.63, 3.8) is 0 Å². The van der Waals surface area contributed by atoms with Crippen LogP contribution in [0, 0.1) is 0 Å². The summed E-state index contributed by atoms with van der Waals surface area (Å²) >= 11 is 0. The Morgan fingerprint density at radius 1 is 1.11 bits per heavy atom. The van der Waals surface area contributed by atoms with Crippen molar-refractivity contribution in [3.05, 3.63) is 0 Å². The first-order valence-electron chi connectivity index (χ1n) is 7.94. The number of hydrogen-bond acceptors (Lipinski definition) is 4. The molecule has 2 aliphatic rings. The average molecular weight is 268 g/mol. The normalized spacial score (nSPS) is 30.6. The van der Waals surface area contributed by atoms with Crippen molar-refractivity contribution in [3.8, 4) is 0 Å². The quantitative estimate of drug-likeness (QED) is 0.810. The lowest BCUT2D eigenvalue weighted by atomic mass is 9.90. The van der Waals surface area contributed by atoms with Gasteiger partial charge in [-0.3, -0.25) is 9.80 Å². The Bertz CT molecular complexity index is 277. The molecule has 4 nitrogen and oxygen atoms in total. The molecule has 0 aromatic heterocycles. The predicted octanol–water partition coefficient (Wildman–Crippen LogP) is 0.696. The first-order valence-corrected chi connectivity index (χ1v) is 7.94. The average Bonchev–Trinajstić information content (AvgIpc) is 2.43. The maximum absolute atomic E-state index is 3.75. The number of piperazine rings is 2. The second-order valence-corrected chi connectivity index (χ2v) is 6.55. The monoisotopic (exact) mass is 268 g/mol. The topological polar surface area (TPSA) is 21.8 Å². The highest BCUT2D eigenvalue weighted by Gasteiger charge is 2.33. The summed E-state index contributed by atoms with van der Waals surface area (Å²) in [6.45, 7) is 13.1. The van der Waals surface area contributed by atoms with E-state index in [9.17, 15) is 0 Å². The smallest absolute Gasteiger partial charge is 0.0347 e. The number of rotatable bonds is 4. The first kappa shape index (κ1) is 15.2. The van der Waals surface area contributed by atoms with Crippen molar-refractivity contribution < 1.29 is 0 Å². The zero-order valence-electron chi connectivity index (χ0n) is 13.3. The minimum absolute atomic E-state index is 0.359. The summed E-state index contributed by atoms with van der Waals surface area (Å²) in [5.41, 5.74) is 0.359. The first-order chi connectivity index (χ1) is 9.08. The van der Waals surface area contributed by atoms with E-state index in [1.165, 1.54) is 52.1 Å². The predicted molar refractivity (Wildman–Crippen MR) is 81.7 cm³/mol. The van der Waals surface area contributed by atoms with Crippen LogP contribution in [-0.4, -0.2) is 86.2 Å². The van der Waals surface area contributed by atoms with Gasteiger partial charge in [-0.2, -0.15) is 0 Å². The minimum atomic E-state index is 0.359. The highest BCUT2D eigenvalue weighted by atomic mass is 15.3. The van der Waals surface area contributed by atoms with Crippen LogP contribution >= 0.6 is 0 Å². The molecular weight excluding hydrogens is 236 g/mol. The summed E-state index contributed by atoms with van der Waals surface area (Å²) in [7, 11) is 4.53. The molecule has 0 aromatic carbocycles. The van der Waals surface area contributed by atoms with E-state index in [2.05, 4.69) is 48.0 Å². The van der Waals surface area contributed by atoms with Crippen molar-refractivity contribution in [2.24, 2.45) is 0 Å². The molecular formula is C15H32N4. The zero-order chi connectivity index (χ0) is 13.9. The van der Waals surface area contributed by atoms with E-state index in [0.29, 0.717) is 11.6 Å². The van der Waals surface area contributed by atoms with Crippen LogP contribution in [0.1, 0.15) is 26.7 Å². The van der Waals surface area contributed by atoms with Gasteiger partial charge in [-0.05, 0) is 26.9 Å². The molecule has 2 aliphatic heterocycles. The van der Waals surface area contributed by atoms with E-state index in [4.69, 9.17) is 0 Å². The van der Waals surface area contributed by atoms with Crippen LogP contribution in [0.4, 0.5) is 0 Å². The van der Waals surface area contributed by atoms with Crippen LogP contribution in [0.25, 0.3) is 0 Å². The molecule has 1 atom stereocenters. The molecule has 2 fully saturated rings. The highest BCUT2D eigenvalue weighted by Crippen LogP contribution is 2.20. The lowest BCUT2D eigenvalue weighted by molar-refractivity contribution is 0.0543. The second-order valence-electron chi connectivity index (χ2n) is 6.55. The molecule has 112 valence electrons. The van der Waals surface area contributed by atoms with E-state index < -0.39 is 0 Å². The van der Waals surface area contributed by atoms with Crippen molar-refractivity contribution in [1.29, 1.82) is 0 Å². The maximum Gasteiger partial charge on any atom is 0.0347 e. The van der Waals surface area contributed by atoms with Gasteiger partial charge in [0.2, 0.25) is 0 Å². The minimum Gasteiger partial charge on any atom is -0.309 e. The van der Waals surface area contributed by atoms with Crippen LogP contribution in [-0.2, 0) is 0 Å². The van der Waals surface area contributed by atoms with E-state index in [1.807, 2.05) is 0 Å². The fraction of sp³-hybridized carbons (Fsp3) is 1.00. The standard InChI is InChI=1S/C15H32N4/c1-5-15(6-2)13-19(8-7-16-15)12-14-11-17(3)9-10-18(14)4/h14,16H,5-13H2,1-4H3. The van der Waals surface area contributed by atoms with E-state index >= 15 is 0 Å². The largest absolute Gasteiger partial charge is 0.309 e. The maximum atomic E-state index is 3.75. The van der Waals surface area contributed by atoms with Crippen LogP contribution in [0.2, 0.25) is 0 Å². The molecule has 19 heavy (non-hydrogen) atoms. The summed E-state index contributed by atoms with van der Waals surface area (Å²) in [5.74, 6) is 0. The van der Waals surface area contributed by atoms with Gasteiger partial charge in [-0.1, -0.05) is 13.8 Å². The summed E-state index contributed by atoms with van der Waals surface area (Å²) in [6, 6.07) is 0.697. The molecule has 2 rings (SSSR count). The van der Waals surface area contributed by atoms with E-state index in [1.54, 1.807) is 0 Å². The Labute approximate surface area is 119 Å². The molecule has 2 saturated heterocycles. The van der Waals surface area contributed by atoms with E-state index in [-0.39, 0.29) is 0 Å². The third-order valence-corrected chi connectivity index (χ3v) is 5.26. The van der Waals surface area contributed by atoms with Gasteiger partial charge < -0.3 is 10.2 Å². The SMILES string of the molecule is CCC1(CC)CN(CC2CN(C)CCN2C)CCN1. The summed E-state index contributed by atoms with van der Waals surface area (Å²) in [4.78, 5) is 7.70. The second kappa shape index (κ2) is 6.53. The molecule has 0 aliphatic carbocycles. The Morgan fingerprint density at radius 3 is 2.53 bits per heavy atom. The third-order valence-electron chi connectivity index (χ3n) is 5.26. The number of nitrogens with one attached hydrogen (secondary N) is 1. The Morgan fingerprint density at radius 2 is 1.84 bits per heavy atom. The summed E-state index contributed by atoms with van der Waals surface area (Å²) in [6.07, 6.45) is 2.47. The molecule has 0 saturated carbocycles. The van der Waals surface area contributed by atoms with Gasteiger partial charge in [-0.25, -0.2) is 0 Å². The summed E-state index contributed by atoms with van der Waals surface area (Å²) in [5, 5.41) is 3.75. The van der Waals surface area contributed by atoms with Gasteiger partial charge in [0.1, 0.15) is 0 Å². The Kier molecular flexibility index (Phi) is 5.23. The van der Waals surface area contributed by atoms with Crippen molar-refractivity contribution in [2.75, 3.05) is 59.9 Å². The molecule has 1 unspecified atom stereocenters. The fourth-order valence-electron chi connectivity index (χ4n) is 3.52. The molecule has 0 amide bonds. The van der Waals surface area contributed by atoms with E-state index in [0.717, 1.165) is 6.54 Å². The molecule has 2 heterocycles. The fourth-order valence-corrected chi connectivity index (χ4v) is 3.52. The van der Waals surface area contributed by atoms with Crippen molar-refractivity contribution in [2.45, 2.75) is 38.3 Å². The van der Waals surface area contributed by atoms with Crippen LogP contribution in [0.5, 0.6) is 0 Å². The lowest BCUT2D eigenvalue weighted by Crippen LogP contribution is -2.63.